The average Bonchev–Trinajstić information content (AvgIpc) is 2.57. The number of hydrogen-bond acceptors (Lipinski definition) is 4. The summed E-state index contributed by atoms with van der Waals surface area (Å²) in [6.45, 7) is 0. The van der Waals surface area contributed by atoms with E-state index >= 15 is 0 Å². The Bertz CT molecular complexity index is 791. The fourth-order valence-electron chi connectivity index (χ4n) is 1.93. The smallest absolute Gasteiger partial charge is 0.259 e. The maximum Gasteiger partial charge on any atom is 0.259 e. The van der Waals surface area contributed by atoms with Crippen LogP contribution in [-0.2, 0) is 0 Å². The van der Waals surface area contributed by atoms with Crippen LogP contribution in [0.4, 0.5) is 5.82 Å². The minimum absolute atomic E-state index is 0.307. The van der Waals surface area contributed by atoms with Gasteiger partial charge in [-0.3, -0.25) is 4.79 Å². The first-order valence-corrected chi connectivity index (χ1v) is 6.89. The zero-order chi connectivity index (χ0) is 15.4. The Kier molecular flexibility index (Phi) is 4.07. The van der Waals surface area contributed by atoms with Crippen LogP contribution < -0.4 is 5.32 Å². The van der Waals surface area contributed by atoms with Gasteiger partial charge in [-0.2, -0.15) is 0 Å². The molecule has 6 heteroatoms. The van der Waals surface area contributed by atoms with E-state index in [0.717, 1.165) is 11.1 Å². The van der Waals surface area contributed by atoms with E-state index in [1.807, 2.05) is 30.3 Å². The second-order valence-corrected chi connectivity index (χ2v) is 4.90. The maximum absolute atomic E-state index is 12.0. The SMILES string of the molecule is O=C(Nc1ccc(-c2ccccc2Cl)cn1)c1cncnc1. The van der Waals surface area contributed by atoms with Crippen molar-refractivity contribution in [2.24, 2.45) is 0 Å². The van der Waals surface area contributed by atoms with Crippen LogP contribution in [0.5, 0.6) is 0 Å². The molecular weight excluding hydrogens is 300 g/mol. The van der Waals surface area contributed by atoms with E-state index in [1.165, 1.54) is 18.7 Å². The van der Waals surface area contributed by atoms with Crippen molar-refractivity contribution in [2.75, 3.05) is 5.32 Å². The standard InChI is InChI=1S/C16H11ClN4O/c17-14-4-2-1-3-13(14)11-5-6-15(20-9-11)21-16(22)12-7-18-10-19-8-12/h1-10H,(H,20,21,22). The number of aromatic nitrogens is 3. The van der Waals surface area contributed by atoms with Gasteiger partial charge in [0.25, 0.3) is 5.91 Å². The van der Waals surface area contributed by atoms with Gasteiger partial charge < -0.3 is 5.32 Å². The van der Waals surface area contributed by atoms with Crippen LogP contribution in [0.1, 0.15) is 10.4 Å². The van der Waals surface area contributed by atoms with E-state index in [2.05, 4.69) is 20.3 Å². The highest BCUT2D eigenvalue weighted by Crippen LogP contribution is 2.27. The molecule has 3 aromatic rings. The summed E-state index contributed by atoms with van der Waals surface area (Å²) < 4.78 is 0. The van der Waals surface area contributed by atoms with Gasteiger partial charge in [0.1, 0.15) is 12.1 Å². The molecule has 1 N–H and O–H groups in total. The van der Waals surface area contributed by atoms with Crippen LogP contribution in [0.25, 0.3) is 11.1 Å². The maximum atomic E-state index is 12.0. The van der Waals surface area contributed by atoms with E-state index < -0.39 is 0 Å². The third-order valence-electron chi connectivity index (χ3n) is 3.01. The number of halogens is 1. The van der Waals surface area contributed by atoms with Crippen LogP contribution in [0, 0.1) is 0 Å². The zero-order valence-corrected chi connectivity index (χ0v) is 12.2. The van der Waals surface area contributed by atoms with Crippen LogP contribution >= 0.6 is 11.6 Å². The Morgan fingerprint density at radius 1 is 1.00 bits per heavy atom. The van der Waals surface area contributed by atoms with Crippen LogP contribution in [0.15, 0.2) is 61.3 Å². The molecule has 0 unspecified atom stereocenters. The molecule has 0 fully saturated rings. The molecule has 2 heterocycles. The van der Waals surface area contributed by atoms with Crippen molar-refractivity contribution in [1.82, 2.24) is 15.0 Å². The van der Waals surface area contributed by atoms with E-state index in [1.54, 1.807) is 12.3 Å². The molecule has 2 aromatic heterocycles. The number of rotatable bonds is 3. The second kappa shape index (κ2) is 6.32. The summed E-state index contributed by atoms with van der Waals surface area (Å²) in [4.78, 5) is 23.8. The number of carbonyl (C=O) groups is 1. The average molecular weight is 311 g/mol. The zero-order valence-electron chi connectivity index (χ0n) is 11.4. The molecule has 0 aliphatic carbocycles. The third-order valence-corrected chi connectivity index (χ3v) is 3.34. The number of nitrogens with zero attached hydrogens (tertiary/aromatic N) is 3. The lowest BCUT2D eigenvalue weighted by Gasteiger charge is -2.06. The third kappa shape index (κ3) is 3.10. The molecule has 0 saturated heterocycles. The van der Waals surface area contributed by atoms with E-state index in [0.29, 0.717) is 16.4 Å². The van der Waals surface area contributed by atoms with Gasteiger partial charge in [-0.1, -0.05) is 29.8 Å². The number of nitrogens with one attached hydrogen (secondary N) is 1. The molecule has 0 aliphatic rings. The normalized spacial score (nSPS) is 10.2. The van der Waals surface area contributed by atoms with Gasteiger partial charge in [-0.25, -0.2) is 15.0 Å². The summed E-state index contributed by atoms with van der Waals surface area (Å²) in [5.41, 5.74) is 2.15. The predicted octanol–water partition coefficient (Wildman–Crippen LogP) is 3.44. The summed E-state index contributed by atoms with van der Waals surface area (Å²) in [5, 5.41) is 3.34. The number of hydrogen-bond donors (Lipinski definition) is 1. The number of benzene rings is 1. The van der Waals surface area contributed by atoms with Crippen molar-refractivity contribution in [1.29, 1.82) is 0 Å². The highest BCUT2D eigenvalue weighted by atomic mass is 35.5. The Morgan fingerprint density at radius 2 is 1.77 bits per heavy atom. The quantitative estimate of drug-likeness (QED) is 0.804. The van der Waals surface area contributed by atoms with Crippen molar-refractivity contribution in [2.45, 2.75) is 0 Å². The summed E-state index contributed by atoms with van der Waals surface area (Å²) >= 11 is 6.15. The Balaban J connectivity index is 1.78. The summed E-state index contributed by atoms with van der Waals surface area (Å²) in [7, 11) is 0. The fraction of sp³-hybridized carbons (Fsp3) is 0. The van der Waals surface area contributed by atoms with E-state index in [-0.39, 0.29) is 5.91 Å². The monoisotopic (exact) mass is 310 g/mol. The van der Waals surface area contributed by atoms with Crippen molar-refractivity contribution < 1.29 is 4.79 Å². The molecule has 5 nitrogen and oxygen atoms in total. The summed E-state index contributed by atoms with van der Waals surface area (Å²) in [6, 6.07) is 11.1. The van der Waals surface area contributed by atoms with Gasteiger partial charge in [-0.05, 0) is 18.2 Å². The van der Waals surface area contributed by atoms with Gasteiger partial charge in [-0.15, -0.1) is 0 Å². The molecule has 3 rings (SSSR count). The molecule has 1 aromatic carbocycles. The molecule has 0 saturated carbocycles. The molecule has 0 aliphatic heterocycles. The number of amides is 1. The van der Waals surface area contributed by atoms with Gasteiger partial charge in [0, 0.05) is 34.7 Å². The van der Waals surface area contributed by atoms with Crippen LogP contribution in [0.3, 0.4) is 0 Å². The Labute approximate surface area is 132 Å². The van der Waals surface area contributed by atoms with Gasteiger partial charge in [0.05, 0.1) is 5.56 Å². The second-order valence-electron chi connectivity index (χ2n) is 4.49. The van der Waals surface area contributed by atoms with Crippen LogP contribution in [-0.4, -0.2) is 20.9 Å². The van der Waals surface area contributed by atoms with Gasteiger partial charge in [0.2, 0.25) is 0 Å². The highest BCUT2D eigenvalue weighted by Gasteiger charge is 2.08. The molecule has 0 atom stereocenters. The molecular formula is C16H11ClN4O. The first-order valence-electron chi connectivity index (χ1n) is 6.51. The Morgan fingerprint density at radius 3 is 2.45 bits per heavy atom. The molecule has 22 heavy (non-hydrogen) atoms. The van der Waals surface area contributed by atoms with Crippen molar-refractivity contribution in [3.8, 4) is 11.1 Å². The number of carbonyl (C=O) groups excluding carboxylic acids is 1. The number of pyridine rings is 1. The van der Waals surface area contributed by atoms with Crippen molar-refractivity contribution in [3.63, 3.8) is 0 Å². The largest absolute Gasteiger partial charge is 0.306 e. The lowest BCUT2D eigenvalue weighted by atomic mass is 10.1. The highest BCUT2D eigenvalue weighted by molar-refractivity contribution is 6.33. The minimum Gasteiger partial charge on any atom is -0.306 e. The van der Waals surface area contributed by atoms with Crippen LogP contribution in [0.2, 0.25) is 5.02 Å². The van der Waals surface area contributed by atoms with Crippen molar-refractivity contribution in [3.05, 3.63) is 71.9 Å². The summed E-state index contributed by atoms with van der Waals surface area (Å²) in [5.74, 6) is 0.142. The topological polar surface area (TPSA) is 67.8 Å². The molecule has 0 radical (unpaired) electrons. The molecule has 0 spiro atoms. The van der Waals surface area contributed by atoms with Crippen molar-refractivity contribution >= 4 is 23.3 Å². The van der Waals surface area contributed by atoms with Gasteiger partial charge >= 0.3 is 0 Å². The van der Waals surface area contributed by atoms with E-state index in [4.69, 9.17) is 11.6 Å². The Hall–Kier alpha value is -2.79. The van der Waals surface area contributed by atoms with Gasteiger partial charge in [0.15, 0.2) is 0 Å². The van der Waals surface area contributed by atoms with E-state index in [9.17, 15) is 4.79 Å². The predicted molar refractivity (Wildman–Crippen MR) is 84.7 cm³/mol. The molecule has 1 amide bonds. The number of anilines is 1. The molecule has 0 bridgehead atoms. The first kappa shape index (κ1) is 14.2. The first-order chi connectivity index (χ1) is 10.7. The lowest BCUT2D eigenvalue weighted by Crippen LogP contribution is -2.13. The minimum atomic E-state index is -0.307. The lowest BCUT2D eigenvalue weighted by molar-refractivity contribution is 0.102. The summed E-state index contributed by atoms with van der Waals surface area (Å²) in [6.07, 6.45) is 5.92. The fourth-order valence-corrected chi connectivity index (χ4v) is 2.17. The molecule has 108 valence electrons.